The van der Waals surface area contributed by atoms with Crippen molar-refractivity contribution in [2.75, 3.05) is 39.6 Å². The van der Waals surface area contributed by atoms with Crippen molar-refractivity contribution in [2.24, 2.45) is 17.8 Å². The Kier molecular flexibility index (Phi) is 57.8. The Hall–Kier alpha value is -1.94. The van der Waals surface area contributed by atoms with E-state index in [1.807, 2.05) is 0 Å². The molecule has 0 saturated carbocycles. The van der Waals surface area contributed by atoms with E-state index in [0.717, 1.165) is 114 Å². The second-order valence-corrected chi connectivity index (χ2v) is 28.2. The van der Waals surface area contributed by atoms with E-state index in [1.54, 1.807) is 0 Å². The normalized spacial score (nSPS) is 15.2. The lowest BCUT2D eigenvalue weighted by Crippen LogP contribution is -2.30. The van der Waals surface area contributed by atoms with Crippen molar-refractivity contribution in [1.82, 2.24) is 0 Å². The average Bonchev–Trinajstić information content (AvgIpc) is 3.58. The number of phosphoric acid groups is 2. The lowest BCUT2D eigenvalue weighted by atomic mass is 9.99. The highest BCUT2D eigenvalue weighted by atomic mass is 31.2. The van der Waals surface area contributed by atoms with E-state index in [0.29, 0.717) is 25.7 Å². The maximum Gasteiger partial charge on any atom is 0.472 e. The molecule has 87 heavy (non-hydrogen) atoms. The van der Waals surface area contributed by atoms with E-state index in [1.165, 1.54) is 141 Å². The Labute approximate surface area is 530 Å². The third-order valence-electron chi connectivity index (χ3n) is 16.7. The minimum Gasteiger partial charge on any atom is -0.462 e. The fourth-order valence-corrected chi connectivity index (χ4v) is 11.7. The van der Waals surface area contributed by atoms with Gasteiger partial charge in [0.05, 0.1) is 26.4 Å². The lowest BCUT2D eigenvalue weighted by molar-refractivity contribution is -0.161. The fraction of sp³-hybridized carbons (Fsp3) is 0.941. The molecular formula is C68H132O17P2. The minimum absolute atomic E-state index is 0.105. The molecule has 5 unspecified atom stereocenters. The van der Waals surface area contributed by atoms with E-state index in [-0.39, 0.29) is 25.7 Å². The van der Waals surface area contributed by atoms with Gasteiger partial charge in [0, 0.05) is 25.7 Å². The molecule has 3 N–H and O–H groups in total. The van der Waals surface area contributed by atoms with Crippen molar-refractivity contribution in [2.45, 2.75) is 356 Å². The molecule has 0 aromatic heterocycles. The molecule has 0 aliphatic rings. The van der Waals surface area contributed by atoms with Crippen molar-refractivity contribution in [3.05, 3.63) is 0 Å². The summed E-state index contributed by atoms with van der Waals surface area (Å²) >= 11 is 0. The molecule has 17 nitrogen and oxygen atoms in total. The number of esters is 4. The zero-order valence-corrected chi connectivity index (χ0v) is 58.3. The van der Waals surface area contributed by atoms with Crippen LogP contribution in [0.15, 0.2) is 0 Å². The summed E-state index contributed by atoms with van der Waals surface area (Å²) in [7, 11) is -9.90. The number of ether oxygens (including phenoxy) is 4. The van der Waals surface area contributed by atoms with Crippen LogP contribution in [0.5, 0.6) is 0 Å². The molecule has 0 aromatic rings. The van der Waals surface area contributed by atoms with Gasteiger partial charge in [-0.2, -0.15) is 0 Å². The van der Waals surface area contributed by atoms with Crippen molar-refractivity contribution >= 4 is 39.5 Å². The summed E-state index contributed by atoms with van der Waals surface area (Å²) in [6.07, 6.45) is 41.5. The minimum atomic E-state index is -4.95. The van der Waals surface area contributed by atoms with Crippen LogP contribution in [0, 0.1) is 17.8 Å². The van der Waals surface area contributed by atoms with Crippen LogP contribution in [-0.2, 0) is 65.4 Å². The predicted molar refractivity (Wildman–Crippen MR) is 349 cm³/mol. The number of hydrogen-bond donors (Lipinski definition) is 3. The zero-order valence-electron chi connectivity index (χ0n) is 56.5. The lowest BCUT2D eigenvalue weighted by Gasteiger charge is -2.21. The molecule has 8 atom stereocenters. The Morgan fingerprint density at radius 2 is 0.552 bits per heavy atom. The van der Waals surface area contributed by atoms with Gasteiger partial charge in [0.2, 0.25) is 0 Å². The Morgan fingerprint density at radius 1 is 0.322 bits per heavy atom. The first-order valence-electron chi connectivity index (χ1n) is 35.5. The summed E-state index contributed by atoms with van der Waals surface area (Å²) in [6, 6.07) is 0. The Bertz CT molecular complexity index is 1720. The molecule has 0 radical (unpaired) electrons. The zero-order chi connectivity index (χ0) is 64.5. The summed E-state index contributed by atoms with van der Waals surface area (Å²) in [6.45, 7) is 11.8. The maximum absolute atomic E-state index is 13.0. The summed E-state index contributed by atoms with van der Waals surface area (Å²) in [5, 5.41) is 10.6. The summed E-state index contributed by atoms with van der Waals surface area (Å²) in [5.41, 5.74) is 0. The van der Waals surface area contributed by atoms with E-state index in [2.05, 4.69) is 48.5 Å². The highest BCUT2D eigenvalue weighted by Crippen LogP contribution is 2.45. The van der Waals surface area contributed by atoms with Gasteiger partial charge in [0.25, 0.3) is 0 Å². The van der Waals surface area contributed by atoms with Gasteiger partial charge in [-0.25, -0.2) is 9.13 Å². The van der Waals surface area contributed by atoms with Crippen LogP contribution < -0.4 is 0 Å². The summed E-state index contributed by atoms with van der Waals surface area (Å²) in [4.78, 5) is 72.4. The van der Waals surface area contributed by atoms with Crippen LogP contribution in [-0.4, -0.2) is 96.7 Å². The molecule has 0 heterocycles. The van der Waals surface area contributed by atoms with E-state index >= 15 is 0 Å². The van der Waals surface area contributed by atoms with Crippen LogP contribution in [0.1, 0.15) is 337 Å². The first-order valence-corrected chi connectivity index (χ1v) is 38.5. The topological polar surface area (TPSA) is 237 Å². The van der Waals surface area contributed by atoms with Gasteiger partial charge in [-0.1, -0.05) is 286 Å². The molecule has 0 aliphatic carbocycles. The predicted octanol–water partition coefficient (Wildman–Crippen LogP) is 19.1. The molecule has 0 fully saturated rings. The van der Waals surface area contributed by atoms with Crippen molar-refractivity contribution in [1.29, 1.82) is 0 Å². The highest BCUT2D eigenvalue weighted by Gasteiger charge is 2.30. The second-order valence-electron chi connectivity index (χ2n) is 25.3. The monoisotopic (exact) mass is 1280 g/mol. The maximum atomic E-state index is 13.0. The number of phosphoric ester groups is 2. The van der Waals surface area contributed by atoms with Gasteiger partial charge in [0.1, 0.15) is 19.3 Å². The number of rotatable bonds is 66. The smallest absolute Gasteiger partial charge is 0.462 e. The Balaban J connectivity index is 5.27. The van der Waals surface area contributed by atoms with Crippen LogP contribution in [0.4, 0.5) is 0 Å². The highest BCUT2D eigenvalue weighted by molar-refractivity contribution is 7.47. The molecular weight excluding hydrogens is 1150 g/mol. The molecule has 0 saturated heterocycles. The molecule has 0 amide bonds. The molecule has 19 heteroatoms. The standard InChI is InChI=1S/C68H132O17P2/c1-8-12-13-14-15-16-17-21-28-37-44-51-67(72)85-64(56-79-66(71)50-43-36-31-30-34-41-48-61(7)11-4)58-83-87(76,77)81-54-62(69)53-80-86(74,75)82-57-63(55-78-65(70)49-42-35-27-24-23-26-33-40-47-60(6)10-3)84-68(73)52-45-38-29-22-19-18-20-25-32-39-46-59(5)9-2/h59-64,69H,8-58H2,1-7H3,(H,74,75)(H,76,77)/t59?,60?,61?,62-,63-,64-/m1/s1. The first kappa shape index (κ1) is 85.1. The molecule has 0 bridgehead atoms. The SMILES string of the molecule is CCCCCCCCCCCCCC(=O)O[C@H](COC(=O)CCCCCCCCC(C)CC)COP(=O)(O)OC[C@H](O)COP(=O)(O)OC[C@@H](COC(=O)CCCCCCCCCCC(C)CC)OC(=O)CCCCCCCCCCCCC(C)CC. The number of carbonyl (C=O) groups excluding carboxylic acids is 4. The van der Waals surface area contributed by atoms with E-state index < -0.39 is 97.5 Å². The first-order chi connectivity index (χ1) is 41.8. The Morgan fingerprint density at radius 3 is 0.816 bits per heavy atom. The van der Waals surface area contributed by atoms with Gasteiger partial charge in [0.15, 0.2) is 12.2 Å². The van der Waals surface area contributed by atoms with Crippen molar-refractivity contribution in [3.8, 4) is 0 Å². The van der Waals surface area contributed by atoms with E-state index in [4.69, 9.17) is 37.0 Å². The summed E-state index contributed by atoms with van der Waals surface area (Å²) < 4.78 is 68.2. The number of carbonyl (C=O) groups is 4. The average molecular weight is 1280 g/mol. The third-order valence-corrected chi connectivity index (χ3v) is 18.6. The molecule has 516 valence electrons. The van der Waals surface area contributed by atoms with E-state index in [9.17, 15) is 43.2 Å². The van der Waals surface area contributed by atoms with Gasteiger partial charge in [-0.3, -0.25) is 37.3 Å². The number of aliphatic hydroxyl groups is 1. The molecule has 0 aliphatic heterocycles. The number of unbranched alkanes of at least 4 members (excludes halogenated alkanes) is 31. The van der Waals surface area contributed by atoms with Crippen LogP contribution >= 0.6 is 15.6 Å². The molecule has 0 aromatic carbocycles. The van der Waals surface area contributed by atoms with Crippen LogP contribution in [0.2, 0.25) is 0 Å². The second kappa shape index (κ2) is 59.1. The van der Waals surface area contributed by atoms with Gasteiger partial charge < -0.3 is 33.8 Å². The van der Waals surface area contributed by atoms with Gasteiger partial charge in [-0.05, 0) is 43.4 Å². The molecule has 0 spiro atoms. The summed E-state index contributed by atoms with van der Waals surface area (Å²) in [5.74, 6) is 0.182. The largest absolute Gasteiger partial charge is 0.472 e. The van der Waals surface area contributed by atoms with Crippen LogP contribution in [0.3, 0.4) is 0 Å². The quantitative estimate of drug-likeness (QED) is 0.0222. The number of hydrogen-bond acceptors (Lipinski definition) is 15. The van der Waals surface area contributed by atoms with Gasteiger partial charge in [-0.15, -0.1) is 0 Å². The fourth-order valence-electron chi connectivity index (χ4n) is 10.1. The number of aliphatic hydroxyl groups excluding tert-OH is 1. The van der Waals surface area contributed by atoms with Gasteiger partial charge >= 0.3 is 39.5 Å². The van der Waals surface area contributed by atoms with Crippen molar-refractivity contribution in [3.63, 3.8) is 0 Å². The van der Waals surface area contributed by atoms with Crippen LogP contribution in [0.25, 0.3) is 0 Å². The van der Waals surface area contributed by atoms with Crippen molar-refractivity contribution < 1.29 is 80.2 Å². The molecule has 0 rings (SSSR count). The third kappa shape index (κ3) is 58.9.